The Kier molecular flexibility index (Phi) is 8.14. The number of piperazine rings is 1. The molecule has 3 aliphatic rings. The molecule has 0 radical (unpaired) electrons. The SMILES string of the molecule is C=C(NCC1CC(C)(C)NC(C)(C)C1)c1cc(-c2ccc(N3CCN(C)CC3)nc2)cc2c1ccn2C1CCCCC1. The van der Waals surface area contributed by atoms with E-state index in [1.54, 1.807) is 0 Å². The van der Waals surface area contributed by atoms with Gasteiger partial charge in [0.2, 0.25) is 0 Å². The van der Waals surface area contributed by atoms with Crippen LogP contribution in [-0.4, -0.2) is 65.3 Å². The molecule has 42 heavy (non-hydrogen) atoms. The summed E-state index contributed by atoms with van der Waals surface area (Å²) in [5.41, 5.74) is 6.24. The van der Waals surface area contributed by atoms with Crippen molar-refractivity contribution in [1.29, 1.82) is 0 Å². The molecule has 6 nitrogen and oxygen atoms in total. The van der Waals surface area contributed by atoms with Crippen LogP contribution < -0.4 is 15.5 Å². The van der Waals surface area contributed by atoms with Gasteiger partial charge in [0.05, 0.1) is 0 Å². The molecule has 0 amide bonds. The maximum absolute atomic E-state index is 4.94. The standard InChI is InChI=1S/C36H52N6/c1-26(37-24-27-22-35(2,3)39-36(4,5)23-27)32-20-29(21-33-31(32)14-15-42(33)30-10-8-7-9-11-30)28-12-13-34(38-25-28)41-18-16-40(6)17-19-41/h12-15,20-21,25,27,30,37,39H,1,7-11,16-19,22-24H2,2-6H3. The van der Waals surface area contributed by atoms with Gasteiger partial charge in [-0.15, -0.1) is 0 Å². The Balaban J connectivity index is 1.29. The van der Waals surface area contributed by atoms with Crippen LogP contribution in [0.4, 0.5) is 5.82 Å². The molecule has 0 atom stereocenters. The van der Waals surface area contributed by atoms with E-state index in [0.717, 1.165) is 57.1 Å². The molecule has 226 valence electrons. The van der Waals surface area contributed by atoms with Crippen molar-refractivity contribution in [2.24, 2.45) is 5.92 Å². The fourth-order valence-electron chi connectivity index (χ4n) is 8.18. The predicted molar refractivity (Wildman–Crippen MR) is 178 cm³/mol. The number of rotatable bonds is 7. The summed E-state index contributed by atoms with van der Waals surface area (Å²) in [6.07, 6.45) is 13.3. The van der Waals surface area contributed by atoms with Gasteiger partial charge >= 0.3 is 0 Å². The van der Waals surface area contributed by atoms with Crippen molar-refractivity contribution < 1.29 is 0 Å². The van der Waals surface area contributed by atoms with E-state index in [2.05, 4.69) is 109 Å². The average Bonchev–Trinajstić information content (AvgIpc) is 3.39. The van der Waals surface area contributed by atoms with Crippen LogP contribution in [0.5, 0.6) is 0 Å². The van der Waals surface area contributed by atoms with E-state index in [1.165, 1.54) is 59.7 Å². The van der Waals surface area contributed by atoms with E-state index in [9.17, 15) is 0 Å². The Morgan fingerprint density at radius 2 is 1.67 bits per heavy atom. The lowest BCUT2D eigenvalue weighted by atomic mass is 9.76. The number of hydrogen-bond acceptors (Lipinski definition) is 5. The number of fused-ring (bicyclic) bond motifs is 1. The van der Waals surface area contributed by atoms with Crippen LogP contribution >= 0.6 is 0 Å². The highest BCUT2D eigenvalue weighted by atomic mass is 15.3. The first kappa shape index (κ1) is 29.3. The summed E-state index contributed by atoms with van der Waals surface area (Å²) in [5.74, 6) is 1.68. The van der Waals surface area contributed by atoms with E-state index in [-0.39, 0.29) is 11.1 Å². The number of nitrogens with zero attached hydrogens (tertiary/aromatic N) is 4. The highest BCUT2D eigenvalue weighted by Crippen LogP contribution is 2.37. The molecule has 3 fully saturated rings. The van der Waals surface area contributed by atoms with Crippen molar-refractivity contribution in [3.8, 4) is 11.1 Å². The van der Waals surface area contributed by atoms with Gasteiger partial charge in [-0.25, -0.2) is 4.98 Å². The first-order valence-corrected chi connectivity index (χ1v) is 16.3. The molecule has 0 bridgehead atoms. The summed E-state index contributed by atoms with van der Waals surface area (Å²) in [7, 11) is 2.20. The molecule has 2 aromatic heterocycles. The molecule has 0 spiro atoms. The Morgan fingerprint density at radius 3 is 2.33 bits per heavy atom. The minimum Gasteiger partial charge on any atom is -0.385 e. The van der Waals surface area contributed by atoms with Crippen molar-refractivity contribution in [3.05, 3.63) is 54.9 Å². The molecule has 2 aliphatic heterocycles. The molecule has 0 unspecified atom stereocenters. The largest absolute Gasteiger partial charge is 0.385 e. The minimum atomic E-state index is 0.142. The second-order valence-electron chi connectivity index (χ2n) is 14.7. The lowest BCUT2D eigenvalue weighted by Gasteiger charge is -2.46. The number of likely N-dealkylation sites (N-methyl/N-ethyl adjacent to an activating group) is 1. The molecule has 1 saturated carbocycles. The summed E-state index contributed by atoms with van der Waals surface area (Å²) in [6.45, 7) is 19.1. The molecular weight excluding hydrogens is 516 g/mol. The second-order valence-corrected chi connectivity index (χ2v) is 14.7. The first-order valence-electron chi connectivity index (χ1n) is 16.3. The number of anilines is 1. The molecule has 1 aliphatic carbocycles. The Bertz CT molecular complexity index is 1370. The summed E-state index contributed by atoms with van der Waals surface area (Å²) >= 11 is 0. The number of hydrogen-bond donors (Lipinski definition) is 2. The van der Waals surface area contributed by atoms with Gasteiger partial charge in [0.25, 0.3) is 0 Å². The molecule has 4 heterocycles. The van der Waals surface area contributed by atoms with E-state index >= 15 is 0 Å². The van der Waals surface area contributed by atoms with Crippen LogP contribution in [0.2, 0.25) is 0 Å². The summed E-state index contributed by atoms with van der Waals surface area (Å²) in [6, 6.07) is 12.1. The number of piperidine rings is 1. The van der Waals surface area contributed by atoms with Crippen LogP contribution in [0, 0.1) is 5.92 Å². The van der Waals surface area contributed by atoms with Gasteiger partial charge in [0.15, 0.2) is 0 Å². The van der Waals surface area contributed by atoms with Crippen LogP contribution in [0.15, 0.2) is 49.3 Å². The molecule has 3 aromatic rings. The quantitative estimate of drug-likeness (QED) is 0.319. The molecule has 2 saturated heterocycles. The van der Waals surface area contributed by atoms with E-state index < -0.39 is 0 Å². The third kappa shape index (κ3) is 6.40. The minimum absolute atomic E-state index is 0.142. The summed E-state index contributed by atoms with van der Waals surface area (Å²) < 4.78 is 2.55. The number of nitrogens with one attached hydrogen (secondary N) is 2. The Morgan fingerprint density at radius 1 is 0.952 bits per heavy atom. The highest BCUT2D eigenvalue weighted by molar-refractivity contribution is 5.95. The van der Waals surface area contributed by atoms with Crippen LogP contribution in [0.3, 0.4) is 0 Å². The number of benzene rings is 1. The maximum atomic E-state index is 4.94. The Labute approximate surface area is 253 Å². The van der Waals surface area contributed by atoms with E-state index in [1.807, 2.05) is 0 Å². The zero-order valence-electron chi connectivity index (χ0n) is 26.7. The van der Waals surface area contributed by atoms with Crippen molar-refractivity contribution in [2.75, 3.05) is 44.7 Å². The molecule has 6 rings (SSSR count). The molecule has 1 aromatic carbocycles. The Hall–Kier alpha value is -2.83. The van der Waals surface area contributed by atoms with Gasteiger partial charge in [0, 0.05) is 90.0 Å². The average molecular weight is 569 g/mol. The van der Waals surface area contributed by atoms with E-state index in [4.69, 9.17) is 4.98 Å². The van der Waals surface area contributed by atoms with Gasteiger partial charge in [-0.1, -0.05) is 25.8 Å². The van der Waals surface area contributed by atoms with Crippen molar-refractivity contribution in [2.45, 2.75) is 89.8 Å². The highest BCUT2D eigenvalue weighted by Gasteiger charge is 2.37. The van der Waals surface area contributed by atoms with Crippen molar-refractivity contribution in [3.63, 3.8) is 0 Å². The van der Waals surface area contributed by atoms with Gasteiger partial charge in [-0.2, -0.15) is 0 Å². The first-order chi connectivity index (χ1) is 20.1. The number of aromatic nitrogens is 2. The van der Waals surface area contributed by atoms with Gasteiger partial charge in [-0.3, -0.25) is 0 Å². The van der Waals surface area contributed by atoms with Crippen molar-refractivity contribution in [1.82, 2.24) is 25.1 Å². The molecular formula is C36H52N6. The van der Waals surface area contributed by atoms with Crippen LogP contribution in [0.25, 0.3) is 27.7 Å². The third-order valence-corrected chi connectivity index (χ3v) is 9.92. The van der Waals surface area contributed by atoms with Crippen LogP contribution in [0.1, 0.15) is 84.2 Å². The van der Waals surface area contributed by atoms with Gasteiger partial charge < -0.3 is 25.0 Å². The maximum Gasteiger partial charge on any atom is 0.128 e. The summed E-state index contributed by atoms with van der Waals surface area (Å²) in [5, 5.41) is 8.93. The fraction of sp³-hybridized carbons (Fsp3) is 0.583. The van der Waals surface area contributed by atoms with Gasteiger partial charge in [0.1, 0.15) is 5.82 Å². The summed E-state index contributed by atoms with van der Waals surface area (Å²) in [4.78, 5) is 9.73. The van der Waals surface area contributed by atoms with Crippen LogP contribution in [-0.2, 0) is 0 Å². The molecule has 2 N–H and O–H groups in total. The fourth-order valence-corrected chi connectivity index (χ4v) is 8.18. The zero-order valence-corrected chi connectivity index (χ0v) is 26.7. The molecule has 6 heteroatoms. The normalized spacial score (nSPS) is 22.0. The monoisotopic (exact) mass is 568 g/mol. The lowest BCUT2D eigenvalue weighted by molar-refractivity contribution is 0.130. The predicted octanol–water partition coefficient (Wildman–Crippen LogP) is 7.08. The third-order valence-electron chi connectivity index (χ3n) is 9.92. The topological polar surface area (TPSA) is 48.4 Å². The van der Waals surface area contributed by atoms with E-state index in [0.29, 0.717) is 12.0 Å². The zero-order chi connectivity index (χ0) is 29.5. The van der Waals surface area contributed by atoms with Crippen molar-refractivity contribution >= 4 is 22.4 Å². The smallest absolute Gasteiger partial charge is 0.128 e. The van der Waals surface area contributed by atoms with Gasteiger partial charge in [-0.05, 0) is 102 Å². The lowest BCUT2D eigenvalue weighted by Crippen LogP contribution is -2.58. The second kappa shape index (κ2) is 11.7. The number of pyridine rings is 1.